The van der Waals surface area contributed by atoms with Crippen LogP contribution in [0.5, 0.6) is 11.5 Å². The van der Waals surface area contributed by atoms with Crippen molar-refractivity contribution in [1.82, 2.24) is 0 Å². The number of hydrogen-bond acceptors (Lipinski definition) is 2. The molecule has 0 saturated carbocycles. The molecular weight excluding hydrogens is 267 g/mol. The molecule has 0 spiro atoms. The van der Waals surface area contributed by atoms with Gasteiger partial charge in [-0.1, -0.05) is 29.8 Å². The van der Waals surface area contributed by atoms with Gasteiger partial charge < -0.3 is 9.47 Å². The largest absolute Gasteiger partial charge is 0.493 e. The van der Waals surface area contributed by atoms with Gasteiger partial charge in [0.25, 0.3) is 0 Å². The van der Waals surface area contributed by atoms with Crippen molar-refractivity contribution in [2.24, 2.45) is 0 Å². The summed E-state index contributed by atoms with van der Waals surface area (Å²) in [5.41, 5.74) is 1.85. The van der Waals surface area contributed by atoms with E-state index in [1.807, 2.05) is 12.1 Å². The molecule has 0 aliphatic carbocycles. The van der Waals surface area contributed by atoms with Crippen molar-refractivity contribution in [3.05, 3.63) is 53.7 Å². The predicted molar refractivity (Wildman–Crippen MR) is 74.5 cm³/mol. The predicted octanol–water partition coefficient (Wildman–Crippen LogP) is 4.50. The van der Waals surface area contributed by atoms with Gasteiger partial charge in [-0.25, -0.2) is 4.39 Å². The van der Waals surface area contributed by atoms with Gasteiger partial charge >= 0.3 is 0 Å². The fraction of sp³-hybridized carbons (Fsp3) is 0.133. The first-order valence-corrected chi connectivity index (χ1v) is 6.03. The smallest absolute Gasteiger partial charge is 0.167 e. The van der Waals surface area contributed by atoms with Crippen molar-refractivity contribution in [2.75, 3.05) is 14.2 Å². The van der Waals surface area contributed by atoms with Gasteiger partial charge in [-0.3, -0.25) is 0 Å². The number of hydrogen-bond donors (Lipinski definition) is 0. The summed E-state index contributed by atoms with van der Waals surface area (Å²) in [6.07, 6.45) is 0. The molecule has 0 saturated heterocycles. The number of rotatable bonds is 4. The highest BCUT2D eigenvalue weighted by Crippen LogP contribution is 2.39. The Morgan fingerprint density at radius 1 is 1.11 bits per heavy atom. The Kier molecular flexibility index (Phi) is 4.27. The van der Waals surface area contributed by atoms with Crippen LogP contribution in [0.1, 0.15) is 5.56 Å². The topological polar surface area (TPSA) is 18.5 Å². The van der Waals surface area contributed by atoms with Gasteiger partial charge in [0.15, 0.2) is 18.2 Å². The van der Waals surface area contributed by atoms with Gasteiger partial charge in [-0.2, -0.15) is 0 Å². The van der Waals surface area contributed by atoms with E-state index < -0.39 is 0 Å². The molecule has 1 radical (unpaired) electrons. The van der Waals surface area contributed by atoms with Crippen molar-refractivity contribution in [3.63, 3.8) is 0 Å². The third kappa shape index (κ3) is 2.66. The molecule has 0 bridgehead atoms. The summed E-state index contributed by atoms with van der Waals surface area (Å²) in [4.78, 5) is 0. The minimum Gasteiger partial charge on any atom is -0.493 e. The molecule has 0 aliphatic heterocycles. The molecule has 0 amide bonds. The van der Waals surface area contributed by atoms with E-state index in [-0.39, 0.29) is 0 Å². The molecule has 0 fully saturated rings. The third-order valence-electron chi connectivity index (χ3n) is 2.83. The molecule has 2 aromatic rings. The number of halogens is 2. The van der Waals surface area contributed by atoms with Gasteiger partial charge in [-0.05, 0) is 29.3 Å². The molecule has 0 aliphatic rings. The van der Waals surface area contributed by atoms with Crippen molar-refractivity contribution in [1.29, 1.82) is 0 Å². The van der Waals surface area contributed by atoms with E-state index in [0.717, 1.165) is 5.56 Å². The van der Waals surface area contributed by atoms with Crippen LogP contribution in [-0.4, -0.2) is 14.2 Å². The number of benzene rings is 2. The van der Waals surface area contributed by atoms with Crippen LogP contribution in [0.4, 0.5) is 4.39 Å². The van der Waals surface area contributed by atoms with Gasteiger partial charge in [0.05, 0.1) is 14.2 Å². The second-order valence-electron chi connectivity index (χ2n) is 3.88. The van der Waals surface area contributed by atoms with E-state index >= 15 is 0 Å². The molecule has 0 aromatic heterocycles. The Morgan fingerprint density at radius 3 is 2.47 bits per heavy atom. The highest BCUT2D eigenvalue weighted by molar-refractivity contribution is 6.30. The first-order chi connectivity index (χ1) is 9.21. The van der Waals surface area contributed by atoms with E-state index in [2.05, 4.69) is 0 Å². The van der Waals surface area contributed by atoms with Crippen molar-refractivity contribution in [2.45, 2.75) is 0 Å². The summed E-state index contributed by atoms with van der Waals surface area (Å²) in [7, 11) is 2.99. The summed E-state index contributed by atoms with van der Waals surface area (Å²) in [5.74, 6) is 0.847. The van der Waals surface area contributed by atoms with Crippen molar-refractivity contribution >= 4 is 11.6 Å². The quantitative estimate of drug-likeness (QED) is 0.820. The highest BCUT2D eigenvalue weighted by atomic mass is 35.5. The lowest BCUT2D eigenvalue weighted by atomic mass is 9.99. The summed E-state index contributed by atoms with van der Waals surface area (Å²) in [6, 6.07) is 10.7. The van der Waals surface area contributed by atoms with Crippen molar-refractivity contribution < 1.29 is 13.9 Å². The lowest BCUT2D eigenvalue weighted by Crippen LogP contribution is -1.96. The van der Waals surface area contributed by atoms with Gasteiger partial charge in [-0.15, -0.1) is 0 Å². The molecule has 2 nitrogen and oxygen atoms in total. The van der Waals surface area contributed by atoms with E-state index in [9.17, 15) is 4.39 Å². The summed E-state index contributed by atoms with van der Waals surface area (Å²) >= 11 is 5.96. The lowest BCUT2D eigenvalue weighted by Gasteiger charge is -2.15. The maximum absolute atomic E-state index is 13.2. The van der Waals surface area contributed by atoms with Crippen LogP contribution < -0.4 is 9.47 Å². The normalized spacial score (nSPS) is 10.3. The SMILES string of the molecule is COc1ccc(-c2cccc(Cl)c2)c([CH]F)c1OC. The van der Waals surface area contributed by atoms with Crippen LogP contribution in [0.3, 0.4) is 0 Å². The zero-order valence-corrected chi connectivity index (χ0v) is 11.4. The zero-order valence-electron chi connectivity index (χ0n) is 10.6. The molecule has 19 heavy (non-hydrogen) atoms. The molecule has 2 aromatic carbocycles. The number of methoxy groups -OCH3 is 2. The molecule has 4 heteroatoms. The fourth-order valence-electron chi connectivity index (χ4n) is 1.97. The van der Waals surface area contributed by atoms with E-state index in [1.54, 1.807) is 24.3 Å². The van der Waals surface area contributed by atoms with E-state index in [1.165, 1.54) is 14.2 Å². The Bertz CT molecular complexity index is 584. The summed E-state index contributed by atoms with van der Waals surface area (Å²) < 4.78 is 23.6. The number of ether oxygens (including phenoxy) is 2. The van der Waals surface area contributed by atoms with Crippen molar-refractivity contribution in [3.8, 4) is 22.6 Å². The Labute approximate surface area is 116 Å². The average Bonchev–Trinajstić information content (AvgIpc) is 2.45. The van der Waals surface area contributed by atoms with E-state index in [0.29, 0.717) is 34.3 Å². The summed E-state index contributed by atoms with van der Waals surface area (Å²) in [6.45, 7) is 0.511. The molecule has 99 valence electrons. The molecule has 0 N–H and O–H groups in total. The second-order valence-corrected chi connectivity index (χ2v) is 4.32. The Balaban J connectivity index is 2.64. The van der Waals surface area contributed by atoms with Crippen LogP contribution in [0.15, 0.2) is 36.4 Å². The minimum absolute atomic E-state index is 0.337. The monoisotopic (exact) mass is 279 g/mol. The molecule has 0 unspecified atom stereocenters. The standard InChI is InChI=1S/C15H13ClFO2/c1-18-14-7-6-12(13(9-17)15(14)19-2)10-4-3-5-11(16)8-10/h3-9H,1-2H3. The van der Waals surface area contributed by atoms with Gasteiger partial charge in [0, 0.05) is 10.6 Å². The Hall–Kier alpha value is -1.74. The molecule has 2 rings (SSSR count). The first-order valence-electron chi connectivity index (χ1n) is 5.65. The minimum atomic E-state index is 0.337. The average molecular weight is 280 g/mol. The van der Waals surface area contributed by atoms with E-state index in [4.69, 9.17) is 21.1 Å². The van der Waals surface area contributed by atoms with Crippen LogP contribution in [0.2, 0.25) is 5.02 Å². The van der Waals surface area contributed by atoms with Gasteiger partial charge in [0.1, 0.15) is 0 Å². The lowest BCUT2D eigenvalue weighted by molar-refractivity contribution is 0.352. The third-order valence-corrected chi connectivity index (χ3v) is 3.06. The van der Waals surface area contributed by atoms with Gasteiger partial charge in [0.2, 0.25) is 0 Å². The highest BCUT2D eigenvalue weighted by Gasteiger charge is 2.16. The maximum Gasteiger partial charge on any atom is 0.167 e. The Morgan fingerprint density at radius 2 is 1.89 bits per heavy atom. The first kappa shape index (κ1) is 13.7. The van der Waals surface area contributed by atoms with Crippen LogP contribution in [0, 0.1) is 6.67 Å². The molecule has 0 atom stereocenters. The summed E-state index contributed by atoms with van der Waals surface area (Å²) in [5, 5.41) is 0.595. The van der Waals surface area contributed by atoms with Crippen LogP contribution >= 0.6 is 11.6 Å². The zero-order chi connectivity index (χ0) is 13.8. The molecule has 0 heterocycles. The molecular formula is C15H13ClFO2. The van der Waals surface area contributed by atoms with Crippen LogP contribution in [-0.2, 0) is 0 Å². The van der Waals surface area contributed by atoms with Crippen LogP contribution in [0.25, 0.3) is 11.1 Å². The second kappa shape index (κ2) is 5.93. The fourth-order valence-corrected chi connectivity index (χ4v) is 2.16. The maximum atomic E-state index is 13.2.